The molecule has 212 valence electrons. The average Bonchev–Trinajstić information content (AvgIpc) is 2.93. The number of hydrogen-bond acceptors (Lipinski definition) is 6. The van der Waals surface area contributed by atoms with Crippen LogP contribution >= 0.6 is 23.2 Å². The van der Waals surface area contributed by atoms with E-state index in [4.69, 9.17) is 32.7 Å². The number of halogens is 2. The molecule has 2 fully saturated rings. The van der Waals surface area contributed by atoms with Crippen LogP contribution in [0, 0.1) is 11.8 Å². The average molecular weight is 576 g/mol. The van der Waals surface area contributed by atoms with Gasteiger partial charge in [-0.2, -0.15) is 0 Å². The maximum Gasteiger partial charge on any atom is 0.310 e. The SMILES string of the molecule is CN1CC[C@H](c2ccc(Cl)cc2)[C@@H](C(=O)OCCCCCOC(=O)[C@H]2CN(C)CC[C@@H]2c2ccc(Cl)cc2)C1. The summed E-state index contributed by atoms with van der Waals surface area (Å²) in [5.41, 5.74) is 2.28. The lowest BCUT2D eigenvalue weighted by atomic mass is 9.80. The van der Waals surface area contributed by atoms with E-state index in [-0.39, 0.29) is 35.6 Å². The number of nitrogens with zero attached hydrogens (tertiary/aromatic N) is 2. The third-order valence-electron chi connectivity index (χ3n) is 8.11. The smallest absolute Gasteiger partial charge is 0.310 e. The van der Waals surface area contributed by atoms with E-state index < -0.39 is 0 Å². The lowest BCUT2D eigenvalue weighted by Crippen LogP contribution is -2.41. The second-order valence-electron chi connectivity index (χ2n) is 11.0. The highest BCUT2D eigenvalue weighted by Gasteiger charge is 2.36. The van der Waals surface area contributed by atoms with E-state index in [1.165, 1.54) is 0 Å². The summed E-state index contributed by atoms with van der Waals surface area (Å²) in [6.07, 6.45) is 4.16. The summed E-state index contributed by atoms with van der Waals surface area (Å²) < 4.78 is 11.4. The largest absolute Gasteiger partial charge is 0.465 e. The van der Waals surface area contributed by atoms with Gasteiger partial charge in [-0.15, -0.1) is 0 Å². The van der Waals surface area contributed by atoms with E-state index in [9.17, 15) is 9.59 Å². The van der Waals surface area contributed by atoms with Gasteiger partial charge < -0.3 is 19.3 Å². The van der Waals surface area contributed by atoms with E-state index in [1.54, 1.807) is 0 Å². The predicted octanol–water partition coefficient (Wildman–Crippen LogP) is 6.02. The summed E-state index contributed by atoms with van der Waals surface area (Å²) >= 11 is 12.1. The first-order valence-electron chi connectivity index (χ1n) is 14.0. The fourth-order valence-electron chi connectivity index (χ4n) is 5.87. The number of hydrogen-bond donors (Lipinski definition) is 0. The van der Waals surface area contributed by atoms with Crippen LogP contribution < -0.4 is 0 Å². The fraction of sp³-hybridized carbons (Fsp3) is 0.548. The first-order chi connectivity index (χ1) is 18.8. The second-order valence-corrected chi connectivity index (χ2v) is 11.9. The van der Waals surface area contributed by atoms with Gasteiger partial charge in [0.15, 0.2) is 0 Å². The lowest BCUT2D eigenvalue weighted by molar-refractivity contribution is -0.151. The summed E-state index contributed by atoms with van der Waals surface area (Å²) in [5, 5.41) is 1.40. The van der Waals surface area contributed by atoms with Crippen molar-refractivity contribution in [3.63, 3.8) is 0 Å². The van der Waals surface area contributed by atoms with Gasteiger partial charge in [0.05, 0.1) is 25.0 Å². The van der Waals surface area contributed by atoms with Gasteiger partial charge in [0.25, 0.3) is 0 Å². The molecule has 2 saturated heterocycles. The minimum absolute atomic E-state index is 0.136. The van der Waals surface area contributed by atoms with Crippen LogP contribution in [0.15, 0.2) is 48.5 Å². The van der Waals surface area contributed by atoms with Gasteiger partial charge in [-0.1, -0.05) is 47.5 Å². The molecule has 6 nitrogen and oxygen atoms in total. The highest BCUT2D eigenvalue weighted by Crippen LogP contribution is 2.35. The Balaban J connectivity index is 1.18. The van der Waals surface area contributed by atoms with E-state index >= 15 is 0 Å². The van der Waals surface area contributed by atoms with Crippen molar-refractivity contribution in [3.05, 3.63) is 69.7 Å². The van der Waals surface area contributed by atoms with Crippen LogP contribution in [-0.4, -0.2) is 75.2 Å². The molecule has 0 N–H and O–H groups in total. The molecule has 4 rings (SSSR count). The number of likely N-dealkylation sites (tertiary alicyclic amines) is 2. The van der Waals surface area contributed by atoms with Crippen molar-refractivity contribution in [2.75, 3.05) is 53.5 Å². The van der Waals surface area contributed by atoms with Crippen LogP contribution in [0.5, 0.6) is 0 Å². The van der Waals surface area contributed by atoms with Crippen LogP contribution in [0.4, 0.5) is 0 Å². The first-order valence-corrected chi connectivity index (χ1v) is 14.8. The van der Waals surface area contributed by atoms with Crippen molar-refractivity contribution in [3.8, 4) is 0 Å². The second kappa shape index (κ2) is 14.5. The molecule has 2 aliphatic heterocycles. The van der Waals surface area contributed by atoms with Crippen LogP contribution in [0.3, 0.4) is 0 Å². The highest BCUT2D eigenvalue weighted by atomic mass is 35.5. The van der Waals surface area contributed by atoms with Gasteiger partial charge in [0.2, 0.25) is 0 Å². The van der Waals surface area contributed by atoms with E-state index in [0.29, 0.717) is 36.3 Å². The molecule has 0 saturated carbocycles. The number of unbranched alkanes of at least 4 members (excludes halogenated alkanes) is 2. The van der Waals surface area contributed by atoms with Gasteiger partial charge in [-0.05, 0) is 107 Å². The van der Waals surface area contributed by atoms with Crippen LogP contribution in [0.1, 0.15) is 55.1 Å². The van der Waals surface area contributed by atoms with Crippen LogP contribution in [0.2, 0.25) is 10.0 Å². The Morgan fingerprint density at radius 1 is 0.692 bits per heavy atom. The van der Waals surface area contributed by atoms with E-state index in [1.807, 2.05) is 62.6 Å². The van der Waals surface area contributed by atoms with Gasteiger partial charge in [0.1, 0.15) is 0 Å². The summed E-state index contributed by atoms with van der Waals surface area (Å²) in [4.78, 5) is 30.3. The zero-order valence-corrected chi connectivity index (χ0v) is 24.5. The molecule has 2 aliphatic rings. The Morgan fingerprint density at radius 3 is 1.46 bits per heavy atom. The van der Waals surface area contributed by atoms with Gasteiger partial charge >= 0.3 is 11.9 Å². The lowest BCUT2D eigenvalue weighted by Gasteiger charge is -2.35. The van der Waals surface area contributed by atoms with Gasteiger partial charge in [-0.3, -0.25) is 9.59 Å². The quantitative estimate of drug-likeness (QED) is 0.255. The van der Waals surface area contributed by atoms with Gasteiger partial charge in [-0.25, -0.2) is 0 Å². The maximum absolute atomic E-state index is 13.0. The molecule has 2 aromatic rings. The molecule has 0 bridgehead atoms. The summed E-state index contributed by atoms with van der Waals surface area (Å²) in [6.45, 7) is 4.05. The topological polar surface area (TPSA) is 59.1 Å². The standard InChI is InChI=1S/C31H40Cl2N2O4/c1-34-16-14-26(22-6-10-24(32)11-7-22)28(20-34)30(36)38-18-4-3-5-19-39-31(37)29-21-35(2)17-15-27(29)23-8-12-25(33)13-9-23/h6-13,26-29H,3-5,14-21H2,1-2H3/t26-,27-,28+,29+/m1/s1. The Bertz CT molecular complexity index is 994. The van der Waals surface area contributed by atoms with E-state index in [2.05, 4.69) is 9.80 Å². The van der Waals surface area contributed by atoms with Gasteiger partial charge in [0, 0.05) is 23.1 Å². The monoisotopic (exact) mass is 574 g/mol. The van der Waals surface area contributed by atoms with Crippen molar-refractivity contribution in [1.82, 2.24) is 9.80 Å². The molecule has 2 heterocycles. The number of esters is 2. The molecular formula is C31H40Cl2N2O4. The molecule has 0 spiro atoms. The van der Waals surface area contributed by atoms with Crippen molar-refractivity contribution >= 4 is 35.1 Å². The minimum Gasteiger partial charge on any atom is -0.465 e. The normalized spacial score (nSPS) is 24.3. The van der Waals surface area contributed by atoms with E-state index in [0.717, 1.165) is 56.3 Å². The molecular weight excluding hydrogens is 535 g/mol. The fourth-order valence-corrected chi connectivity index (χ4v) is 6.12. The number of carbonyl (C=O) groups excluding carboxylic acids is 2. The number of benzene rings is 2. The molecule has 0 amide bonds. The third-order valence-corrected chi connectivity index (χ3v) is 8.61. The van der Waals surface area contributed by atoms with Crippen molar-refractivity contribution < 1.29 is 19.1 Å². The molecule has 39 heavy (non-hydrogen) atoms. The Kier molecular flexibility index (Phi) is 11.1. The number of rotatable bonds is 10. The zero-order valence-electron chi connectivity index (χ0n) is 23.0. The van der Waals surface area contributed by atoms with Crippen molar-refractivity contribution in [1.29, 1.82) is 0 Å². The summed E-state index contributed by atoms with van der Waals surface area (Å²) in [7, 11) is 4.09. The number of ether oxygens (including phenoxy) is 2. The van der Waals surface area contributed by atoms with Crippen molar-refractivity contribution in [2.45, 2.75) is 43.9 Å². The Morgan fingerprint density at radius 2 is 1.08 bits per heavy atom. The summed E-state index contributed by atoms with van der Waals surface area (Å²) in [5.74, 6) is -0.367. The highest BCUT2D eigenvalue weighted by molar-refractivity contribution is 6.30. The number of piperidine rings is 2. The predicted molar refractivity (Wildman–Crippen MR) is 155 cm³/mol. The Hall–Kier alpha value is -2.12. The molecule has 0 aliphatic carbocycles. The molecule has 8 heteroatoms. The molecule has 0 radical (unpaired) electrons. The first kappa shape index (κ1) is 29.9. The van der Waals surface area contributed by atoms with Crippen molar-refractivity contribution in [2.24, 2.45) is 11.8 Å². The van der Waals surface area contributed by atoms with Crippen LogP contribution in [-0.2, 0) is 19.1 Å². The summed E-state index contributed by atoms with van der Waals surface area (Å²) in [6, 6.07) is 15.6. The minimum atomic E-state index is -0.187. The Labute approximate surface area is 242 Å². The third kappa shape index (κ3) is 8.43. The molecule has 0 aromatic heterocycles. The maximum atomic E-state index is 13.0. The van der Waals surface area contributed by atoms with Crippen LogP contribution in [0.25, 0.3) is 0 Å². The molecule has 0 unspecified atom stereocenters. The number of carbonyl (C=O) groups is 2. The molecule has 2 aromatic carbocycles. The molecule has 4 atom stereocenters. The zero-order chi connectivity index (χ0) is 27.8.